The zero-order valence-corrected chi connectivity index (χ0v) is 12.1. The number of carbonyl (C=O) groups excluding carboxylic acids is 1. The highest BCUT2D eigenvalue weighted by molar-refractivity contribution is 7.13. The number of amides is 1. The molecule has 0 unspecified atom stereocenters. The van der Waals surface area contributed by atoms with E-state index in [0.717, 1.165) is 5.69 Å². The summed E-state index contributed by atoms with van der Waals surface area (Å²) >= 11 is 1.39. The maximum absolute atomic E-state index is 12.8. The van der Waals surface area contributed by atoms with Gasteiger partial charge in [-0.2, -0.15) is 0 Å². The monoisotopic (exact) mass is 293 g/mol. The lowest BCUT2D eigenvalue weighted by molar-refractivity contribution is -0.116. The highest BCUT2D eigenvalue weighted by Gasteiger charge is 2.17. The molecule has 0 aliphatic heterocycles. The summed E-state index contributed by atoms with van der Waals surface area (Å²) in [5.41, 5.74) is 1.59. The van der Waals surface area contributed by atoms with Crippen molar-refractivity contribution in [3.8, 4) is 0 Å². The molecule has 6 heteroatoms. The summed E-state index contributed by atoms with van der Waals surface area (Å²) in [5.74, 6) is -0.447. The van der Waals surface area contributed by atoms with E-state index in [2.05, 4.69) is 15.6 Å². The molecule has 0 spiro atoms. The van der Waals surface area contributed by atoms with Gasteiger partial charge in [-0.15, -0.1) is 11.3 Å². The molecule has 20 heavy (non-hydrogen) atoms. The maximum atomic E-state index is 12.8. The van der Waals surface area contributed by atoms with Gasteiger partial charge in [0.1, 0.15) is 11.9 Å². The van der Waals surface area contributed by atoms with E-state index in [1.807, 2.05) is 19.2 Å². The topological polar surface area (TPSA) is 54.0 Å². The molecule has 1 atom stereocenters. The summed E-state index contributed by atoms with van der Waals surface area (Å²) in [6.45, 7) is 3.79. The summed E-state index contributed by atoms with van der Waals surface area (Å²) in [5, 5.41) is 8.33. The van der Waals surface area contributed by atoms with Crippen LogP contribution in [-0.2, 0) is 4.79 Å². The van der Waals surface area contributed by atoms with Gasteiger partial charge in [-0.3, -0.25) is 4.79 Å². The second kappa shape index (κ2) is 6.47. The van der Waals surface area contributed by atoms with Gasteiger partial charge < -0.3 is 10.6 Å². The molecule has 1 heterocycles. The first-order valence-electron chi connectivity index (χ1n) is 6.33. The smallest absolute Gasteiger partial charge is 0.248 e. The van der Waals surface area contributed by atoms with Crippen LogP contribution < -0.4 is 10.6 Å². The Morgan fingerprint density at radius 2 is 2.10 bits per heavy atom. The zero-order valence-electron chi connectivity index (χ0n) is 11.3. The third-order valence-corrected chi connectivity index (χ3v) is 3.63. The fourth-order valence-electron chi connectivity index (χ4n) is 1.70. The van der Waals surface area contributed by atoms with Gasteiger partial charge in [0.2, 0.25) is 5.91 Å². The number of aryl methyl sites for hydroxylation is 1. The summed E-state index contributed by atoms with van der Waals surface area (Å²) in [6, 6.07) is 5.55. The Balaban J connectivity index is 2.00. The molecule has 106 valence electrons. The lowest BCUT2D eigenvalue weighted by atomic mass is 10.2. The molecule has 1 aromatic carbocycles. The van der Waals surface area contributed by atoms with Gasteiger partial charge in [0.25, 0.3) is 0 Å². The maximum Gasteiger partial charge on any atom is 0.248 e. The lowest BCUT2D eigenvalue weighted by Gasteiger charge is -2.17. The van der Waals surface area contributed by atoms with Gasteiger partial charge >= 0.3 is 0 Å². The van der Waals surface area contributed by atoms with Crippen LogP contribution in [-0.4, -0.2) is 16.9 Å². The Morgan fingerprint density at radius 3 is 2.65 bits per heavy atom. The van der Waals surface area contributed by atoms with Crippen LogP contribution in [0.2, 0.25) is 0 Å². The fraction of sp³-hybridized carbons (Fsp3) is 0.286. The number of halogens is 1. The largest absolute Gasteiger partial charge is 0.374 e. The van der Waals surface area contributed by atoms with Crippen molar-refractivity contribution >= 4 is 28.1 Å². The number of carbonyl (C=O) groups is 1. The van der Waals surface area contributed by atoms with Crippen LogP contribution in [0.5, 0.6) is 0 Å². The normalized spacial score (nSPS) is 11.9. The Morgan fingerprint density at radius 1 is 1.40 bits per heavy atom. The van der Waals surface area contributed by atoms with Crippen LogP contribution in [0.3, 0.4) is 0 Å². The number of hydrogen-bond acceptors (Lipinski definition) is 4. The van der Waals surface area contributed by atoms with Crippen molar-refractivity contribution in [2.75, 3.05) is 10.6 Å². The molecule has 4 nitrogen and oxygen atoms in total. The molecule has 0 saturated carbocycles. The molecule has 1 aromatic heterocycles. The first-order valence-corrected chi connectivity index (χ1v) is 7.21. The zero-order chi connectivity index (χ0) is 14.5. The van der Waals surface area contributed by atoms with Crippen molar-refractivity contribution in [2.24, 2.45) is 0 Å². The minimum atomic E-state index is -0.385. The second-order valence-corrected chi connectivity index (χ2v) is 5.25. The van der Waals surface area contributed by atoms with Crippen LogP contribution >= 0.6 is 11.3 Å². The molecule has 2 aromatic rings. The summed E-state index contributed by atoms with van der Waals surface area (Å²) in [4.78, 5) is 16.3. The van der Waals surface area contributed by atoms with E-state index >= 15 is 0 Å². The Hall–Kier alpha value is -1.95. The second-order valence-electron chi connectivity index (χ2n) is 4.40. The summed E-state index contributed by atoms with van der Waals surface area (Å²) in [7, 11) is 0. The first kappa shape index (κ1) is 14.5. The lowest BCUT2D eigenvalue weighted by Crippen LogP contribution is -2.34. The molecule has 0 fully saturated rings. The molecule has 2 N–H and O–H groups in total. The summed E-state index contributed by atoms with van der Waals surface area (Å²) < 4.78 is 12.8. The van der Waals surface area contributed by atoms with E-state index in [1.165, 1.54) is 23.5 Å². The minimum absolute atomic E-state index is 0.147. The first-order chi connectivity index (χ1) is 9.58. The predicted octanol–water partition coefficient (Wildman–Crippen LogP) is 3.42. The van der Waals surface area contributed by atoms with E-state index in [0.29, 0.717) is 17.2 Å². The van der Waals surface area contributed by atoms with Gasteiger partial charge in [-0.1, -0.05) is 6.92 Å². The number of thiazole rings is 1. The molecule has 0 aliphatic carbocycles. The van der Waals surface area contributed by atoms with Gasteiger partial charge in [-0.05, 0) is 37.6 Å². The number of benzene rings is 1. The van der Waals surface area contributed by atoms with E-state index in [9.17, 15) is 9.18 Å². The molecule has 0 radical (unpaired) electrons. The Labute approximate surface area is 121 Å². The van der Waals surface area contributed by atoms with Crippen molar-refractivity contribution in [1.82, 2.24) is 4.98 Å². The van der Waals surface area contributed by atoms with Crippen LogP contribution in [0, 0.1) is 12.7 Å². The molecule has 1 amide bonds. The van der Waals surface area contributed by atoms with Crippen molar-refractivity contribution in [2.45, 2.75) is 26.3 Å². The Bertz CT molecular complexity index is 582. The van der Waals surface area contributed by atoms with E-state index < -0.39 is 0 Å². The highest BCUT2D eigenvalue weighted by atomic mass is 32.1. The van der Waals surface area contributed by atoms with E-state index in [4.69, 9.17) is 0 Å². The third-order valence-electron chi connectivity index (χ3n) is 2.76. The molecule has 0 bridgehead atoms. The Kier molecular flexibility index (Phi) is 4.68. The third kappa shape index (κ3) is 3.77. The van der Waals surface area contributed by atoms with Crippen molar-refractivity contribution in [1.29, 1.82) is 0 Å². The number of nitrogens with zero attached hydrogens (tertiary/aromatic N) is 1. The summed E-state index contributed by atoms with van der Waals surface area (Å²) in [6.07, 6.45) is 0.619. The highest BCUT2D eigenvalue weighted by Crippen LogP contribution is 2.16. The average Bonchev–Trinajstić information content (AvgIpc) is 2.83. The number of rotatable bonds is 5. The van der Waals surface area contributed by atoms with Crippen LogP contribution in [0.15, 0.2) is 29.6 Å². The van der Waals surface area contributed by atoms with E-state index in [1.54, 1.807) is 12.1 Å². The predicted molar refractivity (Wildman–Crippen MR) is 79.6 cm³/mol. The van der Waals surface area contributed by atoms with Crippen molar-refractivity contribution in [3.63, 3.8) is 0 Å². The number of anilines is 2. The SMILES string of the molecule is CC[C@@H](Nc1ccc(F)cc1)C(=O)Nc1nc(C)cs1. The van der Waals surface area contributed by atoms with Crippen molar-refractivity contribution < 1.29 is 9.18 Å². The van der Waals surface area contributed by atoms with Gasteiger partial charge in [0, 0.05) is 11.1 Å². The quantitative estimate of drug-likeness (QED) is 0.888. The van der Waals surface area contributed by atoms with E-state index in [-0.39, 0.29) is 17.8 Å². The molecule has 2 rings (SSSR count). The van der Waals surface area contributed by atoms with Gasteiger partial charge in [-0.25, -0.2) is 9.37 Å². The van der Waals surface area contributed by atoms with Crippen LogP contribution in [0.1, 0.15) is 19.0 Å². The number of aromatic nitrogens is 1. The average molecular weight is 293 g/mol. The number of hydrogen-bond donors (Lipinski definition) is 2. The van der Waals surface area contributed by atoms with Crippen LogP contribution in [0.25, 0.3) is 0 Å². The van der Waals surface area contributed by atoms with Crippen molar-refractivity contribution in [3.05, 3.63) is 41.2 Å². The molecular weight excluding hydrogens is 277 g/mol. The van der Waals surface area contributed by atoms with Gasteiger partial charge in [0.05, 0.1) is 5.69 Å². The fourth-order valence-corrected chi connectivity index (χ4v) is 2.40. The molecule has 0 aliphatic rings. The molecule has 0 saturated heterocycles. The minimum Gasteiger partial charge on any atom is -0.374 e. The standard InChI is InChI=1S/C14H16FN3OS/c1-3-12(17-11-6-4-10(15)5-7-11)13(19)18-14-16-9(2)8-20-14/h4-8,12,17H,3H2,1-2H3,(H,16,18,19)/t12-/m1/s1. The number of nitrogens with one attached hydrogen (secondary N) is 2. The van der Waals surface area contributed by atoms with Crippen LogP contribution in [0.4, 0.5) is 15.2 Å². The van der Waals surface area contributed by atoms with Gasteiger partial charge in [0.15, 0.2) is 5.13 Å². The molecular formula is C14H16FN3OS.